The molecule has 0 amide bonds. The zero-order valence-electron chi connectivity index (χ0n) is 10.6. The summed E-state index contributed by atoms with van der Waals surface area (Å²) in [5, 5.41) is 4.63. The molecule has 0 aliphatic rings. The lowest BCUT2D eigenvalue weighted by molar-refractivity contribution is 0.260. The van der Waals surface area contributed by atoms with Crippen LogP contribution in [0.2, 0.25) is 5.02 Å². The molecule has 0 radical (unpaired) electrons. The number of aryl methyl sites for hydroxylation is 1. The van der Waals surface area contributed by atoms with Crippen LogP contribution in [0.5, 0.6) is 0 Å². The van der Waals surface area contributed by atoms with Gasteiger partial charge < -0.3 is 4.52 Å². The molecule has 1 aromatic carbocycles. The SMILES string of the molecule is CCc1noc(CN(C)Cc2ccc(Cl)cc2)n1. The molecule has 0 fully saturated rings. The van der Waals surface area contributed by atoms with Gasteiger partial charge in [-0.05, 0) is 24.7 Å². The molecule has 0 spiro atoms. The van der Waals surface area contributed by atoms with Crippen LogP contribution in [0.25, 0.3) is 0 Å². The molecule has 4 nitrogen and oxygen atoms in total. The van der Waals surface area contributed by atoms with Crippen LogP contribution in [0.1, 0.15) is 24.2 Å². The van der Waals surface area contributed by atoms with E-state index in [2.05, 4.69) is 15.0 Å². The number of rotatable bonds is 5. The molecule has 1 heterocycles. The first-order valence-electron chi connectivity index (χ1n) is 5.92. The highest BCUT2D eigenvalue weighted by Crippen LogP contribution is 2.12. The van der Waals surface area contributed by atoms with E-state index in [4.69, 9.17) is 16.1 Å². The molecule has 5 heteroatoms. The Hall–Kier alpha value is -1.39. The number of hydrogen-bond donors (Lipinski definition) is 0. The Balaban J connectivity index is 1.91. The van der Waals surface area contributed by atoms with Gasteiger partial charge >= 0.3 is 0 Å². The summed E-state index contributed by atoms with van der Waals surface area (Å²) in [6.07, 6.45) is 0.796. The average molecular weight is 266 g/mol. The molecule has 0 atom stereocenters. The fourth-order valence-electron chi connectivity index (χ4n) is 1.69. The second-order valence-electron chi connectivity index (χ2n) is 4.26. The van der Waals surface area contributed by atoms with Crippen molar-refractivity contribution in [3.63, 3.8) is 0 Å². The predicted octanol–water partition coefficient (Wildman–Crippen LogP) is 2.92. The van der Waals surface area contributed by atoms with Crippen LogP contribution in [-0.2, 0) is 19.5 Å². The van der Waals surface area contributed by atoms with Crippen LogP contribution < -0.4 is 0 Å². The maximum absolute atomic E-state index is 5.85. The van der Waals surface area contributed by atoms with Crippen molar-refractivity contribution in [3.05, 3.63) is 46.6 Å². The van der Waals surface area contributed by atoms with Gasteiger partial charge in [-0.3, -0.25) is 4.90 Å². The molecule has 1 aromatic heterocycles. The normalized spacial score (nSPS) is 11.1. The topological polar surface area (TPSA) is 42.2 Å². The Morgan fingerprint density at radius 2 is 1.94 bits per heavy atom. The van der Waals surface area contributed by atoms with Gasteiger partial charge in [0.1, 0.15) is 0 Å². The van der Waals surface area contributed by atoms with Crippen molar-refractivity contribution in [1.29, 1.82) is 0 Å². The van der Waals surface area contributed by atoms with E-state index in [1.165, 1.54) is 5.56 Å². The molecule has 2 rings (SSSR count). The van der Waals surface area contributed by atoms with Crippen molar-refractivity contribution in [3.8, 4) is 0 Å². The zero-order chi connectivity index (χ0) is 13.0. The Kier molecular flexibility index (Phi) is 4.33. The summed E-state index contributed by atoms with van der Waals surface area (Å²) >= 11 is 5.85. The third kappa shape index (κ3) is 3.55. The first kappa shape index (κ1) is 13.1. The predicted molar refractivity (Wildman–Crippen MR) is 70.3 cm³/mol. The lowest BCUT2D eigenvalue weighted by Gasteiger charge is -2.13. The van der Waals surface area contributed by atoms with Gasteiger partial charge in [-0.25, -0.2) is 0 Å². The van der Waals surface area contributed by atoms with E-state index >= 15 is 0 Å². The minimum Gasteiger partial charge on any atom is -0.338 e. The monoisotopic (exact) mass is 265 g/mol. The van der Waals surface area contributed by atoms with Crippen LogP contribution in [-0.4, -0.2) is 22.1 Å². The van der Waals surface area contributed by atoms with Gasteiger partial charge in [0.05, 0.1) is 6.54 Å². The molecule has 96 valence electrons. The smallest absolute Gasteiger partial charge is 0.240 e. The first-order chi connectivity index (χ1) is 8.67. The van der Waals surface area contributed by atoms with Gasteiger partial charge in [0.2, 0.25) is 5.89 Å². The standard InChI is InChI=1S/C13H16ClN3O/c1-3-12-15-13(18-16-12)9-17(2)8-10-4-6-11(14)7-5-10/h4-7H,3,8-9H2,1-2H3. The first-order valence-corrected chi connectivity index (χ1v) is 6.29. The van der Waals surface area contributed by atoms with Gasteiger partial charge in [-0.2, -0.15) is 4.98 Å². The van der Waals surface area contributed by atoms with E-state index in [1.54, 1.807) is 0 Å². The maximum Gasteiger partial charge on any atom is 0.240 e. The fraction of sp³-hybridized carbons (Fsp3) is 0.385. The largest absolute Gasteiger partial charge is 0.338 e. The second kappa shape index (κ2) is 5.98. The molecule has 0 aliphatic carbocycles. The molecule has 0 saturated heterocycles. The number of aromatic nitrogens is 2. The minimum atomic E-state index is 0.648. The van der Waals surface area contributed by atoms with Gasteiger partial charge in [0.15, 0.2) is 5.82 Å². The highest BCUT2D eigenvalue weighted by Gasteiger charge is 2.08. The van der Waals surface area contributed by atoms with Gasteiger partial charge in [0.25, 0.3) is 0 Å². The molecule has 0 bridgehead atoms. The number of hydrogen-bond acceptors (Lipinski definition) is 4. The molecule has 2 aromatic rings. The molecule has 0 aliphatic heterocycles. The summed E-state index contributed by atoms with van der Waals surface area (Å²) < 4.78 is 5.16. The van der Waals surface area contributed by atoms with Crippen LogP contribution >= 0.6 is 11.6 Å². The second-order valence-corrected chi connectivity index (χ2v) is 4.69. The number of benzene rings is 1. The molecule has 0 unspecified atom stereocenters. The van der Waals surface area contributed by atoms with Crippen LogP contribution in [0.15, 0.2) is 28.8 Å². The van der Waals surface area contributed by atoms with E-state index in [-0.39, 0.29) is 0 Å². The zero-order valence-corrected chi connectivity index (χ0v) is 11.3. The van der Waals surface area contributed by atoms with Gasteiger partial charge in [-0.1, -0.05) is 35.8 Å². The van der Waals surface area contributed by atoms with Crippen molar-refractivity contribution >= 4 is 11.6 Å². The molecular weight excluding hydrogens is 250 g/mol. The van der Waals surface area contributed by atoms with Crippen molar-refractivity contribution in [1.82, 2.24) is 15.0 Å². The van der Waals surface area contributed by atoms with E-state index in [0.717, 1.165) is 23.8 Å². The third-order valence-corrected chi connectivity index (χ3v) is 2.85. The van der Waals surface area contributed by atoms with E-state index in [0.29, 0.717) is 12.4 Å². The Morgan fingerprint density at radius 1 is 1.22 bits per heavy atom. The third-order valence-electron chi connectivity index (χ3n) is 2.60. The van der Waals surface area contributed by atoms with E-state index < -0.39 is 0 Å². The van der Waals surface area contributed by atoms with Crippen LogP contribution in [0.4, 0.5) is 0 Å². The lowest BCUT2D eigenvalue weighted by atomic mass is 10.2. The summed E-state index contributed by atoms with van der Waals surface area (Å²) in [6.45, 7) is 3.47. The maximum atomic E-state index is 5.85. The Bertz CT molecular complexity index is 495. The van der Waals surface area contributed by atoms with Crippen LogP contribution in [0, 0.1) is 0 Å². The summed E-state index contributed by atoms with van der Waals surface area (Å²) in [5.74, 6) is 1.41. The van der Waals surface area contributed by atoms with E-state index in [9.17, 15) is 0 Å². The van der Waals surface area contributed by atoms with Crippen molar-refractivity contribution < 1.29 is 4.52 Å². The highest BCUT2D eigenvalue weighted by atomic mass is 35.5. The fourth-order valence-corrected chi connectivity index (χ4v) is 1.81. The number of halogens is 1. The quantitative estimate of drug-likeness (QED) is 0.834. The molecule has 0 N–H and O–H groups in total. The summed E-state index contributed by atoms with van der Waals surface area (Å²) in [4.78, 5) is 6.41. The van der Waals surface area contributed by atoms with Gasteiger partial charge in [-0.15, -0.1) is 0 Å². The van der Waals surface area contributed by atoms with E-state index in [1.807, 2.05) is 38.2 Å². The highest BCUT2D eigenvalue weighted by molar-refractivity contribution is 6.30. The molecule has 18 heavy (non-hydrogen) atoms. The average Bonchev–Trinajstić information content (AvgIpc) is 2.79. The summed E-state index contributed by atoms with van der Waals surface area (Å²) in [7, 11) is 2.02. The lowest BCUT2D eigenvalue weighted by Crippen LogP contribution is -2.17. The van der Waals surface area contributed by atoms with Crippen molar-refractivity contribution in [2.75, 3.05) is 7.05 Å². The Labute approximate surface area is 112 Å². The number of nitrogens with zero attached hydrogens (tertiary/aromatic N) is 3. The molecule has 0 saturated carbocycles. The minimum absolute atomic E-state index is 0.648. The molecular formula is C13H16ClN3O. The Morgan fingerprint density at radius 3 is 2.56 bits per heavy atom. The van der Waals surface area contributed by atoms with Crippen molar-refractivity contribution in [2.24, 2.45) is 0 Å². The van der Waals surface area contributed by atoms with Crippen LogP contribution in [0.3, 0.4) is 0 Å². The summed E-state index contributed by atoms with van der Waals surface area (Å²) in [5.41, 5.74) is 1.21. The van der Waals surface area contributed by atoms with Gasteiger partial charge in [0, 0.05) is 18.0 Å². The van der Waals surface area contributed by atoms with Crippen molar-refractivity contribution in [2.45, 2.75) is 26.4 Å². The summed E-state index contributed by atoms with van der Waals surface area (Å²) in [6, 6.07) is 7.83.